The summed E-state index contributed by atoms with van der Waals surface area (Å²) in [5.41, 5.74) is 0. The largest absolute Gasteiger partial charge is 0.466 e. The average Bonchev–Trinajstić information content (AvgIpc) is 3.01. The van der Waals surface area contributed by atoms with Gasteiger partial charge in [-0.1, -0.05) is 175 Å². The van der Waals surface area contributed by atoms with Crippen LogP contribution in [0.5, 0.6) is 0 Å². The highest BCUT2D eigenvalue weighted by Crippen LogP contribution is 2.15. The Kier molecular flexibility index (Phi) is 37.0. The summed E-state index contributed by atoms with van der Waals surface area (Å²) >= 11 is 0. The number of rotatable bonds is 37. The van der Waals surface area contributed by atoms with E-state index in [4.69, 9.17) is 14.2 Å². The molecular weight excluding hydrogens is 532 g/mol. The SMILES string of the molecule is CCCCCCCCCCCCCCCOC(=O)CCCCCCC(OCCCCCCCC)OCCCCCCCC. The topological polar surface area (TPSA) is 44.8 Å². The molecule has 0 rings (SSSR count). The lowest BCUT2D eigenvalue weighted by Crippen LogP contribution is -2.19. The monoisotopic (exact) mass is 611 g/mol. The minimum Gasteiger partial charge on any atom is -0.466 e. The first-order chi connectivity index (χ1) is 21.2. The predicted molar refractivity (Wildman–Crippen MR) is 187 cm³/mol. The van der Waals surface area contributed by atoms with E-state index in [0.29, 0.717) is 13.0 Å². The van der Waals surface area contributed by atoms with Crippen molar-refractivity contribution in [3.05, 3.63) is 0 Å². The molecule has 0 amide bonds. The van der Waals surface area contributed by atoms with Gasteiger partial charge < -0.3 is 14.2 Å². The van der Waals surface area contributed by atoms with Crippen LogP contribution in [-0.4, -0.2) is 32.1 Å². The van der Waals surface area contributed by atoms with Crippen LogP contribution in [0.1, 0.15) is 220 Å². The Bertz CT molecular complexity index is 505. The second kappa shape index (κ2) is 37.6. The Labute approximate surface area is 270 Å². The molecule has 0 radical (unpaired) electrons. The molecule has 43 heavy (non-hydrogen) atoms. The summed E-state index contributed by atoms with van der Waals surface area (Å²) in [4.78, 5) is 12.1. The molecule has 0 aromatic heterocycles. The van der Waals surface area contributed by atoms with Crippen LogP contribution in [0.25, 0.3) is 0 Å². The molecule has 0 saturated heterocycles. The molecule has 0 fully saturated rings. The van der Waals surface area contributed by atoms with Crippen molar-refractivity contribution in [2.75, 3.05) is 19.8 Å². The Balaban J connectivity index is 3.73. The van der Waals surface area contributed by atoms with Crippen molar-refractivity contribution < 1.29 is 19.0 Å². The van der Waals surface area contributed by atoms with Crippen molar-refractivity contribution in [1.82, 2.24) is 0 Å². The molecule has 4 nitrogen and oxygen atoms in total. The highest BCUT2D eigenvalue weighted by Gasteiger charge is 2.10. The second-order valence-corrected chi connectivity index (χ2v) is 13.1. The Hall–Kier alpha value is -0.610. The van der Waals surface area contributed by atoms with Gasteiger partial charge in [0.15, 0.2) is 6.29 Å². The third-order valence-electron chi connectivity index (χ3n) is 8.68. The molecule has 0 aliphatic heterocycles. The maximum absolute atomic E-state index is 12.1. The third-order valence-corrected chi connectivity index (χ3v) is 8.68. The van der Waals surface area contributed by atoms with E-state index in [1.54, 1.807) is 0 Å². The summed E-state index contributed by atoms with van der Waals surface area (Å²) in [6.45, 7) is 9.05. The fraction of sp³-hybridized carbons (Fsp3) is 0.974. The zero-order chi connectivity index (χ0) is 31.3. The van der Waals surface area contributed by atoms with Crippen molar-refractivity contribution in [3.8, 4) is 0 Å². The quantitative estimate of drug-likeness (QED) is 0.0399. The molecule has 0 saturated carbocycles. The van der Waals surface area contributed by atoms with Crippen LogP contribution >= 0.6 is 0 Å². The van der Waals surface area contributed by atoms with E-state index in [0.717, 1.165) is 64.6 Å². The minimum absolute atomic E-state index is 0.0126. The standard InChI is InChI=1S/C39H78O4/c1-4-7-10-13-16-17-18-19-20-21-22-27-30-35-41-38(40)33-28-23-24-29-34-39(42-36-31-25-14-11-8-5-2)43-37-32-26-15-12-9-6-3/h39H,4-37H2,1-3H3. The van der Waals surface area contributed by atoms with Crippen molar-refractivity contribution in [2.24, 2.45) is 0 Å². The lowest BCUT2D eigenvalue weighted by Gasteiger charge is -2.19. The molecule has 0 aromatic carbocycles. The molecule has 0 spiro atoms. The normalized spacial score (nSPS) is 11.5. The molecule has 0 N–H and O–H groups in total. The second-order valence-electron chi connectivity index (χ2n) is 13.1. The van der Waals surface area contributed by atoms with E-state index >= 15 is 0 Å². The van der Waals surface area contributed by atoms with Crippen molar-refractivity contribution in [1.29, 1.82) is 0 Å². The van der Waals surface area contributed by atoms with Gasteiger partial charge in [-0.15, -0.1) is 0 Å². The van der Waals surface area contributed by atoms with Gasteiger partial charge in [-0.2, -0.15) is 0 Å². The van der Waals surface area contributed by atoms with Gasteiger partial charge >= 0.3 is 5.97 Å². The van der Waals surface area contributed by atoms with Gasteiger partial charge in [0.1, 0.15) is 0 Å². The first-order valence-corrected chi connectivity index (χ1v) is 19.6. The van der Waals surface area contributed by atoms with Gasteiger partial charge in [0, 0.05) is 19.6 Å². The number of esters is 1. The number of hydrogen-bond donors (Lipinski definition) is 0. The zero-order valence-corrected chi connectivity index (χ0v) is 29.8. The van der Waals surface area contributed by atoms with Crippen LogP contribution in [0.3, 0.4) is 0 Å². The number of carbonyl (C=O) groups excluding carboxylic acids is 1. The molecule has 0 unspecified atom stereocenters. The minimum atomic E-state index is -0.0587. The van der Waals surface area contributed by atoms with E-state index in [2.05, 4.69) is 20.8 Å². The Morgan fingerprint density at radius 2 is 0.721 bits per heavy atom. The van der Waals surface area contributed by atoms with Gasteiger partial charge in [-0.3, -0.25) is 4.79 Å². The van der Waals surface area contributed by atoms with Gasteiger partial charge in [-0.25, -0.2) is 0 Å². The van der Waals surface area contributed by atoms with Crippen molar-refractivity contribution in [3.63, 3.8) is 0 Å². The third kappa shape index (κ3) is 35.7. The van der Waals surface area contributed by atoms with Crippen LogP contribution in [0.2, 0.25) is 0 Å². The summed E-state index contributed by atoms with van der Waals surface area (Å²) in [6.07, 6.45) is 38.6. The molecule has 0 heterocycles. The lowest BCUT2D eigenvalue weighted by atomic mass is 10.0. The summed E-state index contributed by atoms with van der Waals surface area (Å²) < 4.78 is 17.8. The zero-order valence-electron chi connectivity index (χ0n) is 29.8. The van der Waals surface area contributed by atoms with E-state index in [1.807, 2.05) is 0 Å². The first-order valence-electron chi connectivity index (χ1n) is 19.6. The number of unbranched alkanes of at least 4 members (excludes halogenated alkanes) is 25. The molecule has 4 heteroatoms. The highest BCUT2D eigenvalue weighted by molar-refractivity contribution is 5.69. The van der Waals surface area contributed by atoms with E-state index < -0.39 is 0 Å². The van der Waals surface area contributed by atoms with E-state index in [-0.39, 0.29) is 12.3 Å². The molecule has 0 bridgehead atoms. The van der Waals surface area contributed by atoms with Crippen LogP contribution in [0.15, 0.2) is 0 Å². The Morgan fingerprint density at radius 1 is 0.395 bits per heavy atom. The fourth-order valence-corrected chi connectivity index (χ4v) is 5.72. The maximum atomic E-state index is 12.1. The summed E-state index contributed by atoms with van der Waals surface area (Å²) in [5.74, 6) is -0.0126. The summed E-state index contributed by atoms with van der Waals surface area (Å²) in [7, 11) is 0. The number of carbonyl (C=O) groups is 1. The maximum Gasteiger partial charge on any atom is 0.305 e. The predicted octanol–water partition coefficient (Wildman–Crippen LogP) is 13.0. The number of hydrogen-bond acceptors (Lipinski definition) is 4. The molecule has 0 aliphatic rings. The molecule has 0 aromatic rings. The highest BCUT2D eigenvalue weighted by atomic mass is 16.7. The van der Waals surface area contributed by atoms with Crippen LogP contribution in [0, 0.1) is 0 Å². The van der Waals surface area contributed by atoms with E-state index in [1.165, 1.54) is 141 Å². The van der Waals surface area contributed by atoms with Crippen LogP contribution in [-0.2, 0) is 19.0 Å². The first kappa shape index (κ1) is 42.4. The Morgan fingerprint density at radius 3 is 1.14 bits per heavy atom. The summed E-state index contributed by atoms with van der Waals surface area (Å²) in [6, 6.07) is 0. The smallest absolute Gasteiger partial charge is 0.305 e. The molecule has 0 aliphatic carbocycles. The summed E-state index contributed by atoms with van der Waals surface area (Å²) in [5, 5.41) is 0. The van der Waals surface area contributed by atoms with E-state index in [9.17, 15) is 4.79 Å². The van der Waals surface area contributed by atoms with Crippen molar-refractivity contribution in [2.45, 2.75) is 226 Å². The van der Waals surface area contributed by atoms with Crippen molar-refractivity contribution >= 4 is 5.97 Å². The van der Waals surface area contributed by atoms with Gasteiger partial charge in [-0.05, 0) is 38.5 Å². The molecule has 258 valence electrons. The number of ether oxygens (including phenoxy) is 3. The average molecular weight is 611 g/mol. The molecular formula is C39H78O4. The van der Waals surface area contributed by atoms with Gasteiger partial charge in [0.2, 0.25) is 0 Å². The van der Waals surface area contributed by atoms with Gasteiger partial charge in [0.05, 0.1) is 6.61 Å². The van der Waals surface area contributed by atoms with Crippen LogP contribution in [0.4, 0.5) is 0 Å². The fourth-order valence-electron chi connectivity index (χ4n) is 5.72. The lowest BCUT2D eigenvalue weighted by molar-refractivity contribution is -0.148. The van der Waals surface area contributed by atoms with Gasteiger partial charge in [0.25, 0.3) is 0 Å². The molecule has 0 atom stereocenters. The van der Waals surface area contributed by atoms with Crippen LogP contribution < -0.4 is 0 Å².